The number of anilines is 2. The highest BCUT2D eigenvalue weighted by Crippen LogP contribution is 2.31. The molecule has 11 heteroatoms. The van der Waals surface area contributed by atoms with Gasteiger partial charge in [0, 0.05) is 25.7 Å². The molecule has 1 unspecified atom stereocenters. The molecule has 146 valence electrons. The van der Waals surface area contributed by atoms with Crippen LogP contribution in [0.1, 0.15) is 31.4 Å². The molecule has 28 heavy (non-hydrogen) atoms. The number of nitrogens with one attached hydrogen (secondary N) is 1. The summed E-state index contributed by atoms with van der Waals surface area (Å²) in [6, 6.07) is 0. The molecule has 1 N–H and O–H groups in total. The van der Waals surface area contributed by atoms with E-state index in [9.17, 15) is 4.79 Å². The zero-order valence-corrected chi connectivity index (χ0v) is 16.4. The minimum atomic E-state index is -0.172. The molecule has 3 aromatic heterocycles. The van der Waals surface area contributed by atoms with E-state index in [0.29, 0.717) is 47.0 Å². The number of carbonyl (C=O) groups excluding carboxylic acids is 1. The second kappa shape index (κ2) is 7.97. The molecule has 0 spiro atoms. The average Bonchev–Trinajstić information content (AvgIpc) is 3.40. The largest absolute Gasteiger partial charge is 0.355 e. The Hall–Kier alpha value is -2.95. The maximum atomic E-state index is 12.6. The van der Waals surface area contributed by atoms with Gasteiger partial charge in [-0.05, 0) is 19.8 Å². The monoisotopic (exact) mass is 400 g/mol. The number of aryl methyl sites for hydroxylation is 2. The third-order valence-electron chi connectivity index (χ3n) is 4.59. The highest BCUT2D eigenvalue weighted by molar-refractivity contribution is 7.13. The molecule has 0 aliphatic carbocycles. The fourth-order valence-corrected chi connectivity index (χ4v) is 3.62. The van der Waals surface area contributed by atoms with Gasteiger partial charge in [-0.15, -0.1) is 10.2 Å². The van der Waals surface area contributed by atoms with Gasteiger partial charge in [-0.3, -0.25) is 4.79 Å². The first-order valence-corrected chi connectivity index (χ1v) is 10.0. The van der Waals surface area contributed by atoms with Crippen LogP contribution in [0.25, 0.3) is 11.5 Å². The third-order valence-corrected chi connectivity index (χ3v) is 5.19. The van der Waals surface area contributed by atoms with Gasteiger partial charge in [-0.25, -0.2) is 9.97 Å². The van der Waals surface area contributed by atoms with E-state index in [-0.39, 0.29) is 11.8 Å². The number of rotatable bonds is 5. The van der Waals surface area contributed by atoms with E-state index >= 15 is 0 Å². The molecule has 4 heterocycles. The van der Waals surface area contributed by atoms with Crippen molar-refractivity contribution in [1.29, 1.82) is 0 Å². The van der Waals surface area contributed by atoms with Crippen molar-refractivity contribution in [3.63, 3.8) is 0 Å². The van der Waals surface area contributed by atoms with Gasteiger partial charge in [0.15, 0.2) is 5.82 Å². The third kappa shape index (κ3) is 3.84. The Balaban J connectivity index is 1.57. The molecule has 3 aromatic rings. The van der Waals surface area contributed by atoms with Gasteiger partial charge in [0.1, 0.15) is 22.7 Å². The fourth-order valence-electron chi connectivity index (χ4n) is 3.18. The van der Waals surface area contributed by atoms with Crippen LogP contribution < -0.4 is 10.2 Å². The van der Waals surface area contributed by atoms with E-state index in [1.165, 1.54) is 11.3 Å². The number of amides is 1. The molecule has 0 aromatic carbocycles. The molecule has 0 radical (unpaired) electrons. The van der Waals surface area contributed by atoms with Crippen LogP contribution in [0, 0.1) is 12.8 Å². The molecule has 1 saturated heterocycles. The van der Waals surface area contributed by atoms with Crippen LogP contribution >= 0.6 is 11.3 Å². The lowest BCUT2D eigenvalue weighted by atomic mass is 9.97. The van der Waals surface area contributed by atoms with Crippen LogP contribution in [0.4, 0.5) is 10.9 Å². The lowest BCUT2D eigenvalue weighted by Crippen LogP contribution is -2.41. The van der Waals surface area contributed by atoms with Crippen LogP contribution in [-0.2, 0) is 11.2 Å². The highest BCUT2D eigenvalue weighted by atomic mass is 32.1. The molecule has 1 fully saturated rings. The Kier molecular flexibility index (Phi) is 5.24. The van der Waals surface area contributed by atoms with E-state index in [0.717, 1.165) is 19.4 Å². The standard InChI is InChI=1S/C17H20N8O2S/c1-3-13-21-16(27-24-13)12-7-18-10(2)20-14(12)25-6-4-5-11(8-25)15(26)22-17-23-19-9-28-17/h7,9,11H,3-6,8H2,1-2H3,(H,22,23,26). The van der Waals surface area contributed by atoms with Crippen molar-refractivity contribution in [3.8, 4) is 11.5 Å². The maximum absolute atomic E-state index is 12.6. The van der Waals surface area contributed by atoms with Gasteiger partial charge in [-0.1, -0.05) is 23.4 Å². The first-order valence-electron chi connectivity index (χ1n) is 9.12. The van der Waals surface area contributed by atoms with Crippen molar-refractivity contribution in [1.82, 2.24) is 30.3 Å². The quantitative estimate of drug-likeness (QED) is 0.685. The summed E-state index contributed by atoms with van der Waals surface area (Å²) in [4.78, 5) is 28.0. The van der Waals surface area contributed by atoms with Crippen LogP contribution in [0.5, 0.6) is 0 Å². The van der Waals surface area contributed by atoms with Crippen molar-refractivity contribution in [3.05, 3.63) is 23.4 Å². The summed E-state index contributed by atoms with van der Waals surface area (Å²) in [6.07, 6.45) is 4.07. The van der Waals surface area contributed by atoms with Crippen molar-refractivity contribution >= 4 is 28.2 Å². The highest BCUT2D eigenvalue weighted by Gasteiger charge is 2.29. The van der Waals surface area contributed by atoms with Crippen LogP contribution in [0.15, 0.2) is 16.2 Å². The molecule has 1 aliphatic heterocycles. The lowest BCUT2D eigenvalue weighted by molar-refractivity contribution is -0.120. The average molecular weight is 400 g/mol. The number of nitrogens with zero attached hydrogens (tertiary/aromatic N) is 7. The molecule has 10 nitrogen and oxygen atoms in total. The molecule has 0 bridgehead atoms. The van der Waals surface area contributed by atoms with Crippen LogP contribution in [-0.4, -0.2) is 49.3 Å². The normalized spacial score (nSPS) is 16.9. The SMILES string of the molecule is CCc1noc(-c2cnc(C)nc2N2CCCC(C(=O)Nc3nncs3)C2)n1. The second-order valence-corrected chi connectivity index (χ2v) is 7.38. The lowest BCUT2D eigenvalue weighted by Gasteiger charge is -2.33. The predicted molar refractivity (Wildman–Crippen MR) is 103 cm³/mol. The van der Waals surface area contributed by atoms with Gasteiger partial charge >= 0.3 is 0 Å². The van der Waals surface area contributed by atoms with Crippen molar-refractivity contribution in [2.45, 2.75) is 33.1 Å². The number of hydrogen-bond donors (Lipinski definition) is 1. The van der Waals surface area contributed by atoms with Gasteiger partial charge in [-0.2, -0.15) is 4.98 Å². The zero-order chi connectivity index (χ0) is 19.5. The van der Waals surface area contributed by atoms with Gasteiger partial charge in [0.2, 0.25) is 11.0 Å². The van der Waals surface area contributed by atoms with E-state index < -0.39 is 0 Å². The summed E-state index contributed by atoms with van der Waals surface area (Å²) < 4.78 is 5.40. The van der Waals surface area contributed by atoms with E-state index in [1.54, 1.807) is 11.7 Å². The number of piperidine rings is 1. The Morgan fingerprint density at radius 1 is 1.43 bits per heavy atom. The Morgan fingerprint density at radius 3 is 3.07 bits per heavy atom. The molecule has 0 saturated carbocycles. The molecular weight excluding hydrogens is 380 g/mol. The summed E-state index contributed by atoms with van der Waals surface area (Å²) in [7, 11) is 0. The summed E-state index contributed by atoms with van der Waals surface area (Å²) in [5.74, 6) is 2.16. The minimum Gasteiger partial charge on any atom is -0.355 e. The summed E-state index contributed by atoms with van der Waals surface area (Å²) in [5, 5.41) is 14.9. The van der Waals surface area contributed by atoms with Gasteiger partial charge < -0.3 is 14.7 Å². The Labute approximate surface area is 165 Å². The van der Waals surface area contributed by atoms with Crippen molar-refractivity contribution < 1.29 is 9.32 Å². The second-order valence-electron chi connectivity index (χ2n) is 6.54. The number of hydrogen-bond acceptors (Lipinski definition) is 10. The summed E-state index contributed by atoms with van der Waals surface area (Å²) in [6.45, 7) is 5.14. The molecular formula is C17H20N8O2S. The minimum absolute atomic E-state index is 0.0557. The van der Waals surface area contributed by atoms with Crippen LogP contribution in [0.3, 0.4) is 0 Å². The molecule has 1 aliphatic rings. The first kappa shape index (κ1) is 18.4. The van der Waals surface area contributed by atoms with Crippen molar-refractivity contribution in [2.75, 3.05) is 23.3 Å². The van der Waals surface area contributed by atoms with Crippen molar-refractivity contribution in [2.24, 2.45) is 5.92 Å². The van der Waals surface area contributed by atoms with E-state index in [1.807, 2.05) is 13.8 Å². The topological polar surface area (TPSA) is 123 Å². The van der Waals surface area contributed by atoms with Crippen LogP contribution in [0.2, 0.25) is 0 Å². The molecule has 4 rings (SSSR count). The first-order chi connectivity index (χ1) is 13.6. The number of aromatic nitrogens is 6. The summed E-state index contributed by atoms with van der Waals surface area (Å²) in [5.41, 5.74) is 2.27. The zero-order valence-electron chi connectivity index (χ0n) is 15.6. The molecule has 1 atom stereocenters. The Morgan fingerprint density at radius 2 is 2.32 bits per heavy atom. The number of carbonyl (C=O) groups is 1. The Bertz CT molecular complexity index is 958. The molecule has 1 amide bonds. The van der Waals surface area contributed by atoms with E-state index in [2.05, 4.69) is 40.5 Å². The van der Waals surface area contributed by atoms with Gasteiger partial charge in [0.25, 0.3) is 5.89 Å². The fraction of sp³-hybridized carbons (Fsp3) is 0.471. The smallest absolute Gasteiger partial charge is 0.263 e. The van der Waals surface area contributed by atoms with Gasteiger partial charge in [0.05, 0.1) is 5.92 Å². The van der Waals surface area contributed by atoms with E-state index in [4.69, 9.17) is 4.52 Å². The maximum Gasteiger partial charge on any atom is 0.263 e. The summed E-state index contributed by atoms with van der Waals surface area (Å²) >= 11 is 1.30. The predicted octanol–water partition coefficient (Wildman–Crippen LogP) is 2.10.